The number of hydrogen-bond donors (Lipinski definition) is 0. The number of rotatable bonds is 4. The zero-order chi connectivity index (χ0) is 7.82. The van der Waals surface area contributed by atoms with Crippen LogP contribution in [0, 0.1) is 0 Å². The predicted molar refractivity (Wildman–Crippen MR) is 40.7 cm³/mol. The van der Waals surface area contributed by atoms with Crippen molar-refractivity contribution in [3.05, 3.63) is 12.2 Å². The summed E-state index contributed by atoms with van der Waals surface area (Å²) in [6.07, 6.45) is 5.05. The first-order valence-corrected chi connectivity index (χ1v) is 3.58. The lowest BCUT2D eigenvalue weighted by Crippen LogP contribution is -2.02. The van der Waals surface area contributed by atoms with Gasteiger partial charge in [0.1, 0.15) is 6.61 Å². The number of carbonyl (C=O) groups excluding carboxylic acids is 1. The fourth-order valence-electron chi connectivity index (χ4n) is 0.514. The van der Waals surface area contributed by atoms with Gasteiger partial charge in [-0.25, -0.2) is 0 Å². The Kier molecular flexibility index (Phi) is 5.83. The van der Waals surface area contributed by atoms with Gasteiger partial charge in [0.2, 0.25) is 0 Å². The van der Waals surface area contributed by atoms with Crippen molar-refractivity contribution in [1.29, 1.82) is 0 Å². The van der Waals surface area contributed by atoms with Gasteiger partial charge in [-0.1, -0.05) is 19.1 Å². The number of esters is 1. The first-order valence-electron chi connectivity index (χ1n) is 3.58. The fourth-order valence-corrected chi connectivity index (χ4v) is 0.514. The quantitative estimate of drug-likeness (QED) is 0.442. The van der Waals surface area contributed by atoms with Crippen molar-refractivity contribution in [2.24, 2.45) is 0 Å². The Morgan fingerprint density at radius 1 is 1.60 bits per heavy atom. The molecule has 2 heteroatoms. The molecule has 0 amide bonds. The van der Waals surface area contributed by atoms with E-state index in [4.69, 9.17) is 4.74 Å². The summed E-state index contributed by atoms with van der Waals surface area (Å²) in [7, 11) is 0. The molecule has 0 aliphatic heterocycles. The van der Waals surface area contributed by atoms with Gasteiger partial charge in [0.05, 0.1) is 0 Å². The Hall–Kier alpha value is -0.790. The van der Waals surface area contributed by atoms with Crippen LogP contribution in [-0.4, -0.2) is 12.6 Å². The third kappa shape index (κ3) is 5.35. The fraction of sp³-hybridized carbons (Fsp3) is 0.625. The van der Waals surface area contributed by atoms with Crippen molar-refractivity contribution in [1.82, 2.24) is 0 Å². The average Bonchev–Trinajstić information content (AvgIpc) is 1.89. The van der Waals surface area contributed by atoms with Gasteiger partial charge in [0, 0.05) is 6.42 Å². The Labute approximate surface area is 61.9 Å². The highest BCUT2D eigenvalue weighted by Gasteiger charge is 1.96. The lowest BCUT2D eigenvalue weighted by Gasteiger charge is -1.97. The van der Waals surface area contributed by atoms with Gasteiger partial charge in [-0.05, 0) is 13.3 Å². The van der Waals surface area contributed by atoms with Gasteiger partial charge in [-0.15, -0.1) is 0 Å². The second-order valence-corrected chi connectivity index (χ2v) is 2.00. The van der Waals surface area contributed by atoms with E-state index in [1.165, 1.54) is 0 Å². The first kappa shape index (κ1) is 9.21. The molecule has 0 saturated heterocycles. The van der Waals surface area contributed by atoms with E-state index in [-0.39, 0.29) is 5.97 Å². The highest BCUT2D eigenvalue weighted by Crippen LogP contribution is 1.90. The van der Waals surface area contributed by atoms with E-state index in [0.29, 0.717) is 13.0 Å². The Morgan fingerprint density at radius 3 is 2.80 bits per heavy atom. The summed E-state index contributed by atoms with van der Waals surface area (Å²) in [5.74, 6) is -0.111. The number of allylic oxidation sites excluding steroid dienone is 1. The van der Waals surface area contributed by atoms with Gasteiger partial charge < -0.3 is 4.74 Å². The maximum Gasteiger partial charge on any atom is 0.306 e. The molecule has 0 N–H and O–H groups in total. The zero-order valence-electron chi connectivity index (χ0n) is 6.59. The molecule has 10 heavy (non-hydrogen) atoms. The van der Waals surface area contributed by atoms with Gasteiger partial charge >= 0.3 is 5.97 Å². The Bertz CT molecular complexity index is 116. The minimum absolute atomic E-state index is 0.111. The van der Waals surface area contributed by atoms with Crippen LogP contribution >= 0.6 is 0 Å². The van der Waals surface area contributed by atoms with Crippen LogP contribution in [0.5, 0.6) is 0 Å². The summed E-state index contributed by atoms with van der Waals surface area (Å²) >= 11 is 0. The maximum atomic E-state index is 10.7. The molecule has 0 saturated carbocycles. The highest BCUT2D eigenvalue weighted by atomic mass is 16.5. The molecule has 2 nitrogen and oxygen atoms in total. The molecule has 0 fully saturated rings. The molecule has 0 heterocycles. The van der Waals surface area contributed by atoms with E-state index in [1.54, 1.807) is 0 Å². The standard InChI is InChI=1S/C8H14O2/c1-3-5-7-10-8(9)6-4-2/h3,5H,4,6-7H2,1-2H3. The first-order chi connectivity index (χ1) is 4.81. The van der Waals surface area contributed by atoms with Crippen LogP contribution in [0.3, 0.4) is 0 Å². The number of carbonyl (C=O) groups is 1. The second kappa shape index (κ2) is 6.33. The van der Waals surface area contributed by atoms with Crippen molar-refractivity contribution in [3.63, 3.8) is 0 Å². The van der Waals surface area contributed by atoms with Crippen molar-refractivity contribution >= 4 is 5.97 Å². The monoisotopic (exact) mass is 142 g/mol. The summed E-state index contributed by atoms with van der Waals surface area (Å²) < 4.78 is 4.80. The minimum Gasteiger partial charge on any atom is -0.461 e. The van der Waals surface area contributed by atoms with Gasteiger partial charge in [-0.3, -0.25) is 4.79 Å². The number of ether oxygens (including phenoxy) is 1. The molecule has 0 atom stereocenters. The third-order valence-electron chi connectivity index (χ3n) is 1.03. The molecule has 0 aromatic heterocycles. The second-order valence-electron chi connectivity index (χ2n) is 2.00. The zero-order valence-corrected chi connectivity index (χ0v) is 6.59. The van der Waals surface area contributed by atoms with Crippen LogP contribution in [0.15, 0.2) is 12.2 Å². The molecule has 0 radical (unpaired) electrons. The molecule has 58 valence electrons. The van der Waals surface area contributed by atoms with E-state index in [0.717, 1.165) is 6.42 Å². The molecule has 0 aliphatic rings. The van der Waals surface area contributed by atoms with E-state index in [2.05, 4.69) is 0 Å². The molecular formula is C8H14O2. The van der Waals surface area contributed by atoms with Crippen LogP contribution in [0.4, 0.5) is 0 Å². The lowest BCUT2D eigenvalue weighted by atomic mass is 10.3. The molecule has 0 unspecified atom stereocenters. The molecule has 0 aromatic rings. The highest BCUT2D eigenvalue weighted by molar-refractivity contribution is 5.69. The molecule has 0 bridgehead atoms. The van der Waals surface area contributed by atoms with E-state index >= 15 is 0 Å². The van der Waals surface area contributed by atoms with Crippen LogP contribution in [-0.2, 0) is 9.53 Å². The molecule has 0 rings (SSSR count). The number of hydrogen-bond acceptors (Lipinski definition) is 2. The molecule has 0 aliphatic carbocycles. The Balaban J connectivity index is 3.21. The third-order valence-corrected chi connectivity index (χ3v) is 1.03. The summed E-state index contributed by atoms with van der Waals surface area (Å²) in [5.41, 5.74) is 0. The van der Waals surface area contributed by atoms with E-state index < -0.39 is 0 Å². The lowest BCUT2D eigenvalue weighted by molar-refractivity contribution is -0.142. The maximum absolute atomic E-state index is 10.7. The molecule has 0 spiro atoms. The van der Waals surface area contributed by atoms with Gasteiger partial charge in [0.15, 0.2) is 0 Å². The SMILES string of the molecule is CC=CCOC(=O)CCC. The summed E-state index contributed by atoms with van der Waals surface area (Å²) in [4.78, 5) is 10.7. The minimum atomic E-state index is -0.111. The summed E-state index contributed by atoms with van der Waals surface area (Å²) in [5, 5.41) is 0. The van der Waals surface area contributed by atoms with Crippen molar-refractivity contribution in [3.8, 4) is 0 Å². The van der Waals surface area contributed by atoms with Crippen molar-refractivity contribution in [2.75, 3.05) is 6.61 Å². The summed E-state index contributed by atoms with van der Waals surface area (Å²) in [6, 6.07) is 0. The van der Waals surface area contributed by atoms with Crippen molar-refractivity contribution in [2.45, 2.75) is 26.7 Å². The predicted octanol–water partition coefficient (Wildman–Crippen LogP) is 1.91. The van der Waals surface area contributed by atoms with E-state index in [9.17, 15) is 4.79 Å². The topological polar surface area (TPSA) is 26.3 Å². The van der Waals surface area contributed by atoms with Gasteiger partial charge in [-0.2, -0.15) is 0 Å². The molecule has 0 aromatic carbocycles. The van der Waals surface area contributed by atoms with Crippen LogP contribution in [0.25, 0.3) is 0 Å². The van der Waals surface area contributed by atoms with Crippen LogP contribution in [0.2, 0.25) is 0 Å². The van der Waals surface area contributed by atoms with Crippen LogP contribution < -0.4 is 0 Å². The van der Waals surface area contributed by atoms with E-state index in [1.807, 2.05) is 26.0 Å². The van der Waals surface area contributed by atoms with Gasteiger partial charge in [0.25, 0.3) is 0 Å². The largest absolute Gasteiger partial charge is 0.461 e. The average molecular weight is 142 g/mol. The molecular weight excluding hydrogens is 128 g/mol. The summed E-state index contributed by atoms with van der Waals surface area (Å²) in [6.45, 7) is 4.26. The van der Waals surface area contributed by atoms with Crippen LogP contribution in [0.1, 0.15) is 26.7 Å². The van der Waals surface area contributed by atoms with Crippen molar-refractivity contribution < 1.29 is 9.53 Å². The normalized spacial score (nSPS) is 10.2. The Morgan fingerprint density at radius 2 is 2.30 bits per heavy atom. The smallest absolute Gasteiger partial charge is 0.306 e.